The molecular formula is C19H29F3N2O5. The molecule has 7 nitrogen and oxygen atoms in total. The molecule has 4 aliphatic rings. The van der Waals surface area contributed by atoms with Crippen molar-refractivity contribution in [1.29, 1.82) is 0 Å². The van der Waals surface area contributed by atoms with Gasteiger partial charge in [-0.25, -0.2) is 4.79 Å². The number of amides is 1. The molecule has 1 aliphatic carbocycles. The van der Waals surface area contributed by atoms with E-state index in [9.17, 15) is 18.0 Å². The average molecular weight is 422 g/mol. The molecule has 4 rings (SSSR count). The molecule has 0 spiro atoms. The Balaban J connectivity index is 0.000000298. The number of hydrogen-bond acceptors (Lipinski definition) is 5. The Bertz CT molecular complexity index is 579. The summed E-state index contributed by atoms with van der Waals surface area (Å²) in [5.41, 5.74) is 0. The fraction of sp³-hybridized carbons (Fsp3) is 0.895. The maximum atomic E-state index is 12.4. The van der Waals surface area contributed by atoms with Crippen LogP contribution in [0.1, 0.15) is 38.5 Å². The number of fused-ring (bicyclic) bond motifs is 1. The lowest BCUT2D eigenvalue weighted by atomic mass is 10.0. The summed E-state index contributed by atoms with van der Waals surface area (Å²) >= 11 is 0. The van der Waals surface area contributed by atoms with Gasteiger partial charge in [0.2, 0.25) is 5.91 Å². The molecule has 3 atom stereocenters. The van der Waals surface area contributed by atoms with Crippen molar-refractivity contribution >= 4 is 11.9 Å². The molecule has 0 radical (unpaired) electrons. The van der Waals surface area contributed by atoms with Crippen molar-refractivity contribution in [3.05, 3.63) is 0 Å². The number of carboxylic acid groups (broad SMARTS) is 1. The SMILES string of the molecule is O=C(NCC1CCOCC1)[C@@H]1C[C@@H]2[C@@H](CCN2CC2CC2)O1.O=C(O)C(F)(F)F. The second kappa shape index (κ2) is 9.61. The topological polar surface area (TPSA) is 88.1 Å². The molecule has 3 heterocycles. The predicted molar refractivity (Wildman–Crippen MR) is 96.2 cm³/mol. The van der Waals surface area contributed by atoms with Gasteiger partial charge in [-0.3, -0.25) is 9.69 Å². The Hall–Kier alpha value is -1.39. The van der Waals surface area contributed by atoms with Crippen molar-refractivity contribution in [3.8, 4) is 0 Å². The van der Waals surface area contributed by atoms with Crippen molar-refractivity contribution in [3.63, 3.8) is 0 Å². The first-order chi connectivity index (χ1) is 13.7. The van der Waals surface area contributed by atoms with Gasteiger partial charge in [0.15, 0.2) is 0 Å². The molecule has 3 saturated heterocycles. The molecule has 3 aliphatic heterocycles. The number of hydrogen-bond donors (Lipinski definition) is 2. The molecule has 1 amide bonds. The van der Waals surface area contributed by atoms with E-state index in [-0.39, 0.29) is 18.1 Å². The highest BCUT2D eigenvalue weighted by atomic mass is 19.4. The Labute approximate surface area is 167 Å². The average Bonchev–Trinajstić information content (AvgIpc) is 3.27. The largest absolute Gasteiger partial charge is 0.490 e. The van der Waals surface area contributed by atoms with Gasteiger partial charge in [0.05, 0.1) is 6.10 Å². The molecule has 10 heteroatoms. The van der Waals surface area contributed by atoms with Gasteiger partial charge in [-0.2, -0.15) is 13.2 Å². The lowest BCUT2D eigenvalue weighted by Crippen LogP contribution is -2.39. The van der Waals surface area contributed by atoms with Crippen molar-refractivity contribution < 1.29 is 37.3 Å². The highest BCUT2D eigenvalue weighted by molar-refractivity contribution is 5.81. The molecule has 0 unspecified atom stereocenters. The van der Waals surface area contributed by atoms with E-state index in [1.54, 1.807) is 0 Å². The van der Waals surface area contributed by atoms with Crippen LogP contribution < -0.4 is 5.32 Å². The number of aliphatic carboxylic acids is 1. The minimum absolute atomic E-state index is 0.104. The van der Waals surface area contributed by atoms with Gasteiger partial charge >= 0.3 is 12.1 Å². The number of alkyl halides is 3. The van der Waals surface area contributed by atoms with Crippen molar-refractivity contribution in [1.82, 2.24) is 10.2 Å². The summed E-state index contributed by atoms with van der Waals surface area (Å²) < 4.78 is 43.1. The Morgan fingerprint density at radius 3 is 2.31 bits per heavy atom. The third kappa shape index (κ3) is 6.55. The fourth-order valence-electron chi connectivity index (χ4n) is 4.17. The Morgan fingerprint density at radius 2 is 1.72 bits per heavy atom. The fourth-order valence-corrected chi connectivity index (χ4v) is 4.17. The monoisotopic (exact) mass is 422 g/mol. The molecule has 166 valence electrons. The second-order valence-corrected chi connectivity index (χ2v) is 8.30. The first kappa shape index (κ1) is 22.3. The van der Waals surface area contributed by atoms with E-state index in [1.165, 1.54) is 19.4 Å². The van der Waals surface area contributed by atoms with Gasteiger partial charge in [0, 0.05) is 45.3 Å². The van der Waals surface area contributed by atoms with Crippen LogP contribution in [-0.2, 0) is 19.1 Å². The van der Waals surface area contributed by atoms with Crippen LogP contribution in [0.2, 0.25) is 0 Å². The van der Waals surface area contributed by atoms with Crippen LogP contribution in [0.3, 0.4) is 0 Å². The van der Waals surface area contributed by atoms with Gasteiger partial charge in [0.1, 0.15) is 6.10 Å². The number of ether oxygens (including phenoxy) is 2. The Morgan fingerprint density at radius 1 is 1.07 bits per heavy atom. The number of carbonyl (C=O) groups excluding carboxylic acids is 1. The van der Waals surface area contributed by atoms with E-state index in [0.29, 0.717) is 12.0 Å². The van der Waals surface area contributed by atoms with Gasteiger partial charge < -0.3 is 19.9 Å². The number of carbonyl (C=O) groups is 2. The molecule has 4 fully saturated rings. The summed E-state index contributed by atoms with van der Waals surface area (Å²) in [6, 6.07) is 0.486. The summed E-state index contributed by atoms with van der Waals surface area (Å²) in [7, 11) is 0. The zero-order valence-corrected chi connectivity index (χ0v) is 16.3. The summed E-state index contributed by atoms with van der Waals surface area (Å²) in [6.45, 7) is 4.83. The van der Waals surface area contributed by atoms with Gasteiger partial charge in [-0.05, 0) is 43.9 Å². The zero-order chi connectivity index (χ0) is 21.0. The lowest BCUT2D eigenvalue weighted by Gasteiger charge is -2.23. The van der Waals surface area contributed by atoms with E-state index < -0.39 is 12.1 Å². The van der Waals surface area contributed by atoms with E-state index in [4.69, 9.17) is 19.4 Å². The van der Waals surface area contributed by atoms with Gasteiger partial charge in [-0.1, -0.05) is 0 Å². The quantitative estimate of drug-likeness (QED) is 0.703. The summed E-state index contributed by atoms with van der Waals surface area (Å²) in [5.74, 6) is -1.16. The van der Waals surface area contributed by atoms with Crippen LogP contribution in [0.5, 0.6) is 0 Å². The molecule has 0 aromatic rings. The maximum absolute atomic E-state index is 12.4. The van der Waals surface area contributed by atoms with Crippen molar-refractivity contribution in [2.45, 2.75) is 63.0 Å². The number of halogens is 3. The molecule has 0 aromatic carbocycles. The molecule has 1 saturated carbocycles. The van der Waals surface area contributed by atoms with E-state index in [1.807, 2.05) is 0 Å². The van der Waals surface area contributed by atoms with Crippen molar-refractivity contribution in [2.75, 3.05) is 32.8 Å². The molecule has 2 N–H and O–H groups in total. The summed E-state index contributed by atoms with van der Waals surface area (Å²) in [4.78, 5) is 23.8. The minimum atomic E-state index is -5.08. The van der Waals surface area contributed by atoms with Crippen LogP contribution in [0.4, 0.5) is 13.2 Å². The first-order valence-electron chi connectivity index (χ1n) is 10.3. The third-order valence-electron chi connectivity index (χ3n) is 6.02. The third-order valence-corrected chi connectivity index (χ3v) is 6.02. The summed E-state index contributed by atoms with van der Waals surface area (Å²) in [5, 5.41) is 10.2. The standard InChI is InChI=1S/C17H28N2O3.C2HF3O2/c20-17(18-10-12-4-7-21-8-5-12)16-9-14-15(22-16)3-6-19(14)11-13-1-2-13;3-2(4,5)1(6)7/h12-16H,1-11H2,(H,18,20);(H,6,7)/t14-,15-,16+;/m1./s1. The smallest absolute Gasteiger partial charge is 0.475 e. The summed E-state index contributed by atoms with van der Waals surface area (Å²) in [6.07, 6.45) is 1.87. The number of nitrogens with one attached hydrogen (secondary N) is 1. The van der Waals surface area contributed by atoms with Crippen LogP contribution in [0.25, 0.3) is 0 Å². The Kier molecular flexibility index (Phi) is 7.39. The van der Waals surface area contributed by atoms with Crippen LogP contribution in [0, 0.1) is 11.8 Å². The zero-order valence-electron chi connectivity index (χ0n) is 16.3. The van der Waals surface area contributed by atoms with Crippen molar-refractivity contribution in [2.24, 2.45) is 11.8 Å². The highest BCUT2D eigenvalue weighted by Crippen LogP contribution is 2.37. The van der Waals surface area contributed by atoms with E-state index in [0.717, 1.165) is 57.9 Å². The maximum Gasteiger partial charge on any atom is 0.490 e. The highest BCUT2D eigenvalue weighted by Gasteiger charge is 2.46. The number of likely N-dealkylation sites (tertiary alicyclic amines) is 1. The van der Waals surface area contributed by atoms with E-state index >= 15 is 0 Å². The number of rotatable bonds is 5. The molecule has 0 aromatic heterocycles. The van der Waals surface area contributed by atoms with Gasteiger partial charge in [-0.15, -0.1) is 0 Å². The van der Waals surface area contributed by atoms with E-state index in [2.05, 4.69) is 10.2 Å². The first-order valence-corrected chi connectivity index (χ1v) is 10.3. The molecule has 0 bridgehead atoms. The predicted octanol–water partition coefficient (Wildman–Crippen LogP) is 1.80. The second-order valence-electron chi connectivity index (χ2n) is 8.30. The molecule has 29 heavy (non-hydrogen) atoms. The molecular weight excluding hydrogens is 393 g/mol. The number of nitrogens with zero attached hydrogens (tertiary/aromatic N) is 1. The van der Waals surface area contributed by atoms with Crippen LogP contribution >= 0.6 is 0 Å². The van der Waals surface area contributed by atoms with Crippen LogP contribution in [0.15, 0.2) is 0 Å². The lowest BCUT2D eigenvalue weighted by molar-refractivity contribution is -0.192. The van der Waals surface area contributed by atoms with Crippen LogP contribution in [-0.4, -0.2) is 79.2 Å². The van der Waals surface area contributed by atoms with Gasteiger partial charge in [0.25, 0.3) is 0 Å². The number of carboxylic acids is 1. The normalized spacial score (nSPS) is 30.4. The minimum Gasteiger partial charge on any atom is -0.475 e.